The zero-order valence-corrected chi connectivity index (χ0v) is 12.8. The molecule has 1 atom stereocenters. The molecule has 0 radical (unpaired) electrons. The van der Waals surface area contributed by atoms with Crippen LogP contribution in [0.2, 0.25) is 0 Å². The minimum atomic E-state index is -0.749. The first-order valence-corrected chi connectivity index (χ1v) is 6.68. The lowest BCUT2D eigenvalue weighted by molar-refractivity contribution is -0.142. The maximum absolute atomic E-state index is 12.5. The minimum absolute atomic E-state index is 0.381. The highest BCUT2D eigenvalue weighted by atomic mass is 16.5. The van der Waals surface area contributed by atoms with Crippen molar-refractivity contribution in [2.24, 2.45) is 0 Å². The number of hydrogen-bond donors (Lipinski definition) is 1. The van der Waals surface area contributed by atoms with Crippen molar-refractivity contribution in [1.29, 1.82) is 0 Å². The van der Waals surface area contributed by atoms with Crippen LogP contribution in [0.25, 0.3) is 5.69 Å². The van der Waals surface area contributed by atoms with Crippen molar-refractivity contribution in [3.05, 3.63) is 35.2 Å². The second-order valence-electron chi connectivity index (χ2n) is 4.88. The number of methoxy groups -OCH3 is 1. The number of tetrazole rings is 1. The number of carbonyl (C=O) groups is 2. The number of carbonyl (C=O) groups excluding carboxylic acids is 2. The van der Waals surface area contributed by atoms with E-state index in [1.54, 1.807) is 13.0 Å². The first-order valence-electron chi connectivity index (χ1n) is 6.68. The highest BCUT2D eigenvalue weighted by Gasteiger charge is 2.21. The number of rotatable bonds is 4. The Morgan fingerprint density at radius 1 is 1.32 bits per heavy atom. The Balaban J connectivity index is 2.41. The van der Waals surface area contributed by atoms with Gasteiger partial charge in [0, 0.05) is 0 Å². The Morgan fingerprint density at radius 2 is 2.05 bits per heavy atom. The average Bonchev–Trinajstić information content (AvgIpc) is 3.02. The third-order valence-corrected chi connectivity index (χ3v) is 3.43. The van der Waals surface area contributed by atoms with Crippen LogP contribution >= 0.6 is 0 Å². The molecule has 8 nitrogen and oxygen atoms in total. The first-order chi connectivity index (χ1) is 10.5. The van der Waals surface area contributed by atoms with E-state index in [0.29, 0.717) is 11.3 Å². The van der Waals surface area contributed by atoms with Gasteiger partial charge in [0.1, 0.15) is 12.4 Å². The standard InChI is InChI=1S/C14H17N5O3/c1-8-5-6-11(13(20)16-10(3)14(21)22-4)12(9(8)2)19-7-15-17-18-19/h5-7,10H,1-4H3,(H,16,20)/t10-/m1/s1. The second kappa shape index (κ2) is 6.33. The zero-order valence-electron chi connectivity index (χ0n) is 12.8. The Hall–Kier alpha value is -2.77. The molecule has 0 aliphatic rings. The predicted molar refractivity (Wildman–Crippen MR) is 77.6 cm³/mol. The number of hydrogen-bond acceptors (Lipinski definition) is 6. The van der Waals surface area contributed by atoms with Gasteiger partial charge in [-0.1, -0.05) is 6.07 Å². The maximum atomic E-state index is 12.5. The van der Waals surface area contributed by atoms with Crippen LogP contribution in [0, 0.1) is 13.8 Å². The fourth-order valence-corrected chi connectivity index (χ4v) is 2.05. The quantitative estimate of drug-likeness (QED) is 0.829. The molecule has 0 aliphatic carbocycles. The Labute approximate surface area is 127 Å². The minimum Gasteiger partial charge on any atom is -0.467 e. The molecule has 0 saturated carbocycles. The second-order valence-corrected chi connectivity index (χ2v) is 4.88. The molecule has 0 saturated heterocycles. The molecular formula is C14H17N5O3. The summed E-state index contributed by atoms with van der Waals surface area (Å²) < 4.78 is 6.03. The number of amides is 1. The van der Waals surface area contributed by atoms with Gasteiger partial charge in [0.05, 0.1) is 18.4 Å². The van der Waals surface area contributed by atoms with E-state index >= 15 is 0 Å². The summed E-state index contributed by atoms with van der Waals surface area (Å²) in [7, 11) is 1.27. The van der Waals surface area contributed by atoms with Crippen LogP contribution in [0.4, 0.5) is 0 Å². The molecule has 0 aliphatic heterocycles. The van der Waals surface area contributed by atoms with E-state index in [1.165, 1.54) is 18.1 Å². The highest BCUT2D eigenvalue weighted by Crippen LogP contribution is 2.21. The lowest BCUT2D eigenvalue weighted by Gasteiger charge is -2.16. The van der Waals surface area contributed by atoms with Gasteiger partial charge < -0.3 is 10.1 Å². The number of benzene rings is 1. The Kier molecular flexibility index (Phi) is 4.50. The molecule has 2 aromatic rings. The number of ether oxygens (including phenoxy) is 1. The van der Waals surface area contributed by atoms with E-state index < -0.39 is 17.9 Å². The summed E-state index contributed by atoms with van der Waals surface area (Å²) in [5.41, 5.74) is 2.85. The lowest BCUT2D eigenvalue weighted by atomic mass is 10.0. The smallest absolute Gasteiger partial charge is 0.328 e. The van der Waals surface area contributed by atoms with E-state index in [1.807, 2.05) is 19.9 Å². The van der Waals surface area contributed by atoms with Gasteiger partial charge in [0.2, 0.25) is 0 Å². The molecule has 0 fully saturated rings. The van der Waals surface area contributed by atoms with Crippen LogP contribution in [0.5, 0.6) is 0 Å². The molecule has 0 unspecified atom stereocenters. The van der Waals surface area contributed by atoms with Crippen LogP contribution in [0.3, 0.4) is 0 Å². The van der Waals surface area contributed by atoms with E-state index in [-0.39, 0.29) is 0 Å². The topological polar surface area (TPSA) is 99.0 Å². The van der Waals surface area contributed by atoms with Crippen LogP contribution in [0.15, 0.2) is 18.5 Å². The molecule has 0 spiro atoms. The summed E-state index contributed by atoms with van der Waals surface area (Å²) >= 11 is 0. The van der Waals surface area contributed by atoms with Crippen LogP contribution in [-0.4, -0.2) is 45.2 Å². The van der Waals surface area contributed by atoms with Crippen molar-refractivity contribution in [3.63, 3.8) is 0 Å². The fourth-order valence-electron chi connectivity index (χ4n) is 2.05. The molecule has 1 N–H and O–H groups in total. The third kappa shape index (κ3) is 2.95. The summed E-state index contributed by atoms with van der Waals surface area (Å²) in [6, 6.07) is 2.76. The van der Waals surface area contributed by atoms with Gasteiger partial charge in [0.15, 0.2) is 0 Å². The van der Waals surface area contributed by atoms with Crippen molar-refractivity contribution >= 4 is 11.9 Å². The summed E-state index contributed by atoms with van der Waals surface area (Å²) in [5, 5.41) is 13.6. The number of aryl methyl sites for hydroxylation is 1. The number of nitrogens with one attached hydrogen (secondary N) is 1. The van der Waals surface area contributed by atoms with E-state index in [4.69, 9.17) is 0 Å². The van der Waals surface area contributed by atoms with Crippen molar-refractivity contribution in [1.82, 2.24) is 25.5 Å². The molecule has 2 rings (SSSR count). The maximum Gasteiger partial charge on any atom is 0.328 e. The number of aromatic nitrogens is 4. The van der Waals surface area contributed by atoms with Gasteiger partial charge in [-0.05, 0) is 48.4 Å². The van der Waals surface area contributed by atoms with Gasteiger partial charge >= 0.3 is 5.97 Å². The molecule has 22 heavy (non-hydrogen) atoms. The summed E-state index contributed by atoms with van der Waals surface area (Å²) in [6.45, 7) is 5.37. The molecule has 1 aromatic carbocycles. The van der Waals surface area contributed by atoms with Crippen molar-refractivity contribution in [3.8, 4) is 5.69 Å². The molecule has 0 bridgehead atoms. The average molecular weight is 303 g/mol. The van der Waals surface area contributed by atoms with Crippen molar-refractivity contribution in [2.75, 3.05) is 7.11 Å². The first kappa shape index (κ1) is 15.6. The largest absolute Gasteiger partial charge is 0.467 e. The molecule has 8 heteroatoms. The van der Waals surface area contributed by atoms with E-state index in [0.717, 1.165) is 11.1 Å². The fraction of sp³-hybridized carbons (Fsp3) is 0.357. The molecule has 1 heterocycles. The van der Waals surface area contributed by atoms with Crippen LogP contribution in [0.1, 0.15) is 28.4 Å². The van der Waals surface area contributed by atoms with E-state index in [9.17, 15) is 9.59 Å². The Bertz CT molecular complexity index is 697. The number of nitrogens with zero attached hydrogens (tertiary/aromatic N) is 4. The summed E-state index contributed by atoms with van der Waals surface area (Å²) in [4.78, 5) is 23.9. The predicted octanol–water partition coefficient (Wildman–Crippen LogP) is 0.570. The van der Waals surface area contributed by atoms with E-state index in [2.05, 4.69) is 25.6 Å². The van der Waals surface area contributed by atoms with Gasteiger partial charge in [-0.3, -0.25) is 4.79 Å². The normalized spacial score (nSPS) is 11.8. The third-order valence-electron chi connectivity index (χ3n) is 3.43. The Morgan fingerprint density at radius 3 is 2.64 bits per heavy atom. The van der Waals surface area contributed by atoms with Gasteiger partial charge in [-0.2, -0.15) is 4.68 Å². The van der Waals surface area contributed by atoms with Gasteiger partial charge in [-0.25, -0.2) is 4.79 Å². The molecule has 116 valence electrons. The van der Waals surface area contributed by atoms with Gasteiger partial charge in [-0.15, -0.1) is 5.10 Å². The van der Waals surface area contributed by atoms with Crippen molar-refractivity contribution < 1.29 is 14.3 Å². The SMILES string of the molecule is COC(=O)[C@@H](C)NC(=O)c1ccc(C)c(C)c1-n1cnnn1. The van der Waals surface area contributed by atoms with Crippen LogP contribution < -0.4 is 5.32 Å². The van der Waals surface area contributed by atoms with Crippen LogP contribution in [-0.2, 0) is 9.53 Å². The zero-order chi connectivity index (χ0) is 16.3. The monoisotopic (exact) mass is 303 g/mol. The molecular weight excluding hydrogens is 286 g/mol. The van der Waals surface area contributed by atoms with Crippen molar-refractivity contribution in [2.45, 2.75) is 26.8 Å². The molecule has 1 amide bonds. The highest BCUT2D eigenvalue weighted by molar-refractivity contribution is 6.00. The van der Waals surface area contributed by atoms with Gasteiger partial charge in [0.25, 0.3) is 5.91 Å². The number of esters is 1. The molecule has 1 aromatic heterocycles. The summed E-state index contributed by atoms with van der Waals surface area (Å²) in [6.07, 6.45) is 1.42. The summed E-state index contributed by atoms with van der Waals surface area (Å²) in [5.74, 6) is -0.910. The lowest BCUT2D eigenvalue weighted by Crippen LogP contribution is -2.39.